The van der Waals surface area contributed by atoms with Gasteiger partial charge in [0, 0.05) is 11.8 Å². The van der Waals surface area contributed by atoms with Crippen LogP contribution in [0.5, 0.6) is 5.75 Å². The Bertz CT molecular complexity index is 1300. The highest BCUT2D eigenvalue weighted by Crippen LogP contribution is 2.39. The van der Waals surface area contributed by atoms with Crippen LogP contribution in [0.2, 0.25) is 0 Å². The first-order chi connectivity index (χ1) is 17.9. The minimum atomic E-state index is -0.643. The van der Waals surface area contributed by atoms with Crippen LogP contribution in [0, 0.1) is 5.82 Å². The van der Waals surface area contributed by atoms with E-state index in [1.807, 2.05) is 6.07 Å². The maximum atomic E-state index is 15.2. The second kappa shape index (κ2) is 11.3. The predicted molar refractivity (Wildman–Crippen MR) is 167 cm³/mol. The van der Waals surface area contributed by atoms with E-state index >= 15 is 4.39 Å². The van der Waals surface area contributed by atoms with Gasteiger partial charge in [-0.2, -0.15) is 0 Å². The van der Waals surface area contributed by atoms with Crippen LogP contribution in [0.4, 0.5) is 10.1 Å². The molecule has 0 fully saturated rings. The topological polar surface area (TPSA) is 32.6 Å². The first-order valence-corrected chi connectivity index (χ1v) is 14.3. The molecule has 0 saturated carbocycles. The Morgan fingerprint density at radius 2 is 1.13 bits per heavy atom. The summed E-state index contributed by atoms with van der Waals surface area (Å²) in [5.41, 5.74) is 8.88. The number of hydrogen-bond acceptors (Lipinski definition) is 2. The minimum absolute atomic E-state index is 0.0571. The van der Waals surface area contributed by atoms with Gasteiger partial charge < -0.3 is 5.11 Å². The molecule has 0 heterocycles. The molecular formula is C36H48FNO. The highest BCUT2D eigenvalue weighted by atomic mass is 19.1. The van der Waals surface area contributed by atoms with Crippen molar-refractivity contribution >= 4 is 11.9 Å². The van der Waals surface area contributed by atoms with Crippen LogP contribution in [0.15, 0.2) is 47.5 Å². The number of phenolic OH excluding ortho intramolecular Hbond substituents is 1. The van der Waals surface area contributed by atoms with Crippen molar-refractivity contribution in [3.05, 3.63) is 81.7 Å². The van der Waals surface area contributed by atoms with Crippen molar-refractivity contribution in [2.24, 2.45) is 4.99 Å². The Balaban J connectivity index is 2.22. The molecule has 0 aliphatic rings. The van der Waals surface area contributed by atoms with Gasteiger partial charge in [-0.05, 0) is 79.7 Å². The smallest absolute Gasteiger partial charge is 0.166 e. The summed E-state index contributed by atoms with van der Waals surface area (Å²) in [6.07, 6.45) is 1.63. The first-order valence-electron chi connectivity index (χ1n) is 14.3. The summed E-state index contributed by atoms with van der Waals surface area (Å²) >= 11 is 0. The van der Waals surface area contributed by atoms with E-state index in [9.17, 15) is 5.11 Å². The number of nitrogens with zero attached hydrogens (tertiary/aromatic N) is 1. The molecule has 0 bridgehead atoms. The second-order valence-corrected chi connectivity index (χ2v) is 14.0. The van der Waals surface area contributed by atoms with Crippen LogP contribution >= 0.6 is 0 Å². The average molecular weight is 530 g/mol. The normalized spacial score (nSPS) is 12.9. The summed E-state index contributed by atoms with van der Waals surface area (Å²) in [7, 11) is 0. The summed E-state index contributed by atoms with van der Waals surface area (Å²) in [6, 6.07) is 14.3. The molecule has 2 nitrogen and oxygen atoms in total. The minimum Gasteiger partial charge on any atom is -0.504 e. The monoisotopic (exact) mass is 529 g/mol. The molecule has 1 N–H and O–H groups in total. The Morgan fingerprint density at radius 3 is 1.54 bits per heavy atom. The third kappa shape index (κ3) is 6.99. The standard InChI is InChI=1S/C36H48FNO/c1-21(2)24-16-30(22(3)4)33(31(17-24)23(5)6)38-20-27-13-25(18-32(37)34(27)39)26-14-28(35(7,8)9)19-29(15-26)36(10,11)12/h13-23,39H,1-12H3/b38-20+. The predicted octanol–water partition coefficient (Wildman–Crippen LogP) is 10.9. The van der Waals surface area contributed by atoms with Crippen LogP contribution in [0.25, 0.3) is 11.1 Å². The van der Waals surface area contributed by atoms with Crippen molar-refractivity contribution in [1.82, 2.24) is 0 Å². The van der Waals surface area contributed by atoms with Gasteiger partial charge in [-0.3, -0.25) is 4.99 Å². The molecule has 0 radical (unpaired) electrons. The summed E-state index contributed by atoms with van der Waals surface area (Å²) in [4.78, 5) is 4.92. The fourth-order valence-corrected chi connectivity index (χ4v) is 4.75. The molecule has 0 aliphatic heterocycles. The zero-order valence-electron chi connectivity index (χ0n) is 26.1. The lowest BCUT2D eigenvalue weighted by molar-refractivity contribution is 0.432. The number of phenols is 1. The van der Waals surface area contributed by atoms with Crippen molar-refractivity contribution in [3.63, 3.8) is 0 Å². The molecule has 39 heavy (non-hydrogen) atoms. The molecule has 0 aliphatic carbocycles. The van der Waals surface area contributed by atoms with E-state index < -0.39 is 5.82 Å². The quantitative estimate of drug-likeness (QED) is 0.316. The molecule has 3 rings (SSSR count). The van der Waals surface area contributed by atoms with Crippen LogP contribution in [-0.4, -0.2) is 11.3 Å². The zero-order chi connectivity index (χ0) is 29.4. The largest absolute Gasteiger partial charge is 0.504 e. The van der Waals surface area contributed by atoms with Crippen LogP contribution in [0.1, 0.15) is 134 Å². The molecule has 3 heteroatoms. The molecule has 0 saturated heterocycles. The lowest BCUT2D eigenvalue weighted by Crippen LogP contribution is -2.16. The Labute approximate surface area is 236 Å². The van der Waals surface area contributed by atoms with Crippen LogP contribution in [0.3, 0.4) is 0 Å². The Kier molecular flexibility index (Phi) is 8.85. The number of halogens is 1. The lowest BCUT2D eigenvalue weighted by atomic mass is 9.79. The number of benzene rings is 3. The molecule has 0 spiro atoms. The lowest BCUT2D eigenvalue weighted by Gasteiger charge is -2.26. The van der Waals surface area contributed by atoms with E-state index in [1.165, 1.54) is 33.9 Å². The maximum absolute atomic E-state index is 15.2. The second-order valence-electron chi connectivity index (χ2n) is 14.0. The molecule has 3 aromatic carbocycles. The van der Waals surface area contributed by atoms with Crippen molar-refractivity contribution in [1.29, 1.82) is 0 Å². The number of rotatable bonds is 6. The van der Waals surface area contributed by atoms with E-state index in [2.05, 4.69) is 113 Å². The summed E-state index contributed by atoms with van der Waals surface area (Å²) in [6.45, 7) is 26.3. The van der Waals surface area contributed by atoms with Gasteiger partial charge in [0.1, 0.15) is 0 Å². The van der Waals surface area contributed by atoms with E-state index in [-0.39, 0.29) is 28.4 Å². The van der Waals surface area contributed by atoms with Gasteiger partial charge in [0.05, 0.1) is 5.69 Å². The molecule has 0 aromatic heterocycles. The summed E-state index contributed by atoms with van der Waals surface area (Å²) in [5, 5.41) is 10.7. The van der Waals surface area contributed by atoms with E-state index in [0.29, 0.717) is 11.5 Å². The van der Waals surface area contributed by atoms with Gasteiger partial charge in [0.15, 0.2) is 11.6 Å². The van der Waals surface area contributed by atoms with Crippen molar-refractivity contribution in [2.45, 2.75) is 112 Å². The summed E-state index contributed by atoms with van der Waals surface area (Å²) < 4.78 is 15.2. The maximum Gasteiger partial charge on any atom is 0.166 e. The zero-order valence-corrected chi connectivity index (χ0v) is 26.1. The van der Waals surface area contributed by atoms with Crippen molar-refractivity contribution in [2.75, 3.05) is 0 Å². The Morgan fingerprint density at radius 1 is 0.667 bits per heavy atom. The number of aliphatic imine (C=N–C) groups is 1. The van der Waals surface area contributed by atoms with Gasteiger partial charge in [-0.25, -0.2) is 4.39 Å². The molecular weight excluding hydrogens is 481 g/mol. The molecule has 0 unspecified atom stereocenters. The van der Waals surface area contributed by atoms with E-state index in [4.69, 9.17) is 4.99 Å². The third-order valence-electron chi connectivity index (χ3n) is 7.53. The van der Waals surface area contributed by atoms with E-state index in [0.717, 1.165) is 16.8 Å². The molecule has 0 amide bonds. The van der Waals surface area contributed by atoms with Crippen molar-refractivity contribution in [3.8, 4) is 16.9 Å². The number of hydrogen-bond donors (Lipinski definition) is 1. The fourth-order valence-electron chi connectivity index (χ4n) is 4.75. The highest BCUT2D eigenvalue weighted by Gasteiger charge is 2.22. The van der Waals surface area contributed by atoms with E-state index in [1.54, 1.807) is 6.21 Å². The third-order valence-corrected chi connectivity index (χ3v) is 7.53. The first kappa shape index (κ1) is 30.6. The molecule has 210 valence electrons. The van der Waals surface area contributed by atoms with Crippen LogP contribution < -0.4 is 0 Å². The van der Waals surface area contributed by atoms with Crippen LogP contribution in [-0.2, 0) is 10.8 Å². The summed E-state index contributed by atoms with van der Waals surface area (Å²) in [5.74, 6) is -0.0473. The number of aromatic hydroxyl groups is 1. The SMILES string of the molecule is CC(C)c1cc(C(C)C)c(/N=C/c2cc(-c3cc(C(C)(C)C)cc(C(C)(C)C)c3)cc(F)c2O)c(C(C)C)c1. The van der Waals surface area contributed by atoms with Gasteiger partial charge in [0.25, 0.3) is 0 Å². The average Bonchev–Trinajstić information content (AvgIpc) is 2.82. The van der Waals surface area contributed by atoms with Gasteiger partial charge >= 0.3 is 0 Å². The fraction of sp³-hybridized carbons (Fsp3) is 0.472. The van der Waals surface area contributed by atoms with Gasteiger partial charge in [0.2, 0.25) is 0 Å². The molecule has 0 atom stereocenters. The van der Waals surface area contributed by atoms with Crippen molar-refractivity contribution < 1.29 is 9.50 Å². The Hall–Kier alpha value is -2.94. The van der Waals surface area contributed by atoms with Gasteiger partial charge in [-0.1, -0.05) is 113 Å². The highest BCUT2D eigenvalue weighted by molar-refractivity contribution is 5.89. The molecule has 3 aromatic rings. The van der Waals surface area contributed by atoms with Gasteiger partial charge in [-0.15, -0.1) is 0 Å².